The summed E-state index contributed by atoms with van der Waals surface area (Å²) in [5.74, 6) is -2.03. The van der Waals surface area contributed by atoms with Crippen molar-refractivity contribution in [1.29, 1.82) is 0 Å². The minimum absolute atomic E-state index is 0.00349. The molecule has 0 heterocycles. The summed E-state index contributed by atoms with van der Waals surface area (Å²) in [5, 5.41) is 0.873. The zero-order chi connectivity index (χ0) is 27.6. The Labute approximate surface area is 222 Å². The van der Waals surface area contributed by atoms with Gasteiger partial charge in [0.2, 0.25) is 24.2 Å². The summed E-state index contributed by atoms with van der Waals surface area (Å²) in [6.45, 7) is 7.23. The van der Waals surface area contributed by atoms with Gasteiger partial charge in [0.25, 0.3) is 0 Å². The molecule has 7 heteroatoms. The Balaban J connectivity index is 1.61. The number of hydrogen-bond acceptors (Lipinski definition) is 6. The van der Waals surface area contributed by atoms with E-state index in [2.05, 4.69) is 0 Å². The Kier molecular flexibility index (Phi) is 5.96. The van der Waals surface area contributed by atoms with Crippen LogP contribution in [0.4, 0.5) is 5.69 Å². The van der Waals surface area contributed by atoms with E-state index in [0.717, 1.165) is 11.1 Å². The highest BCUT2D eigenvalue weighted by Crippen LogP contribution is 2.63. The van der Waals surface area contributed by atoms with E-state index in [4.69, 9.17) is 5.73 Å². The van der Waals surface area contributed by atoms with Crippen molar-refractivity contribution in [3.8, 4) is 0 Å². The number of carbonyl (C=O) groups is 4. The van der Waals surface area contributed by atoms with Crippen molar-refractivity contribution >= 4 is 46.3 Å². The van der Waals surface area contributed by atoms with Gasteiger partial charge in [-0.15, -0.1) is 0 Å². The van der Waals surface area contributed by atoms with Crippen LogP contribution in [-0.4, -0.2) is 22.9 Å². The molecular formula is C31H30NO5P. The molecule has 5 rings (SSSR count). The second-order valence-corrected chi connectivity index (χ2v) is 13.6. The first-order valence-corrected chi connectivity index (χ1v) is 14.4. The van der Waals surface area contributed by atoms with Crippen molar-refractivity contribution in [3.05, 3.63) is 89.0 Å². The molecule has 0 aliphatic heterocycles. The fourth-order valence-electron chi connectivity index (χ4n) is 6.58. The number of benzene rings is 3. The maximum absolute atomic E-state index is 14.9. The molecule has 3 aromatic rings. The highest BCUT2D eigenvalue weighted by Gasteiger charge is 2.72. The van der Waals surface area contributed by atoms with Crippen LogP contribution in [-0.2, 0) is 14.2 Å². The maximum atomic E-state index is 14.9. The summed E-state index contributed by atoms with van der Waals surface area (Å²) in [4.78, 5) is 53.5. The molecule has 2 aliphatic carbocycles. The lowest BCUT2D eigenvalue weighted by Crippen LogP contribution is -2.44. The molecule has 0 spiro atoms. The van der Waals surface area contributed by atoms with Gasteiger partial charge in [-0.25, -0.2) is 0 Å². The van der Waals surface area contributed by atoms with Gasteiger partial charge in [0.15, 0.2) is 5.78 Å². The van der Waals surface area contributed by atoms with Crippen molar-refractivity contribution in [2.75, 3.05) is 5.73 Å². The number of anilines is 1. The maximum Gasteiger partial charge on any atom is 0.232 e. The SMILES string of the molecule is Cc1ccccc1P(=O)(C(=O)c1ccc(C(=O)C23CCC(C(=O)C2=O)C3(C)C)cc1N)c1ccccc1C. The third-order valence-electron chi connectivity index (χ3n) is 8.83. The summed E-state index contributed by atoms with van der Waals surface area (Å²) in [6, 6.07) is 18.4. The quantitative estimate of drug-likeness (QED) is 0.162. The number of Topliss-reactive ketones (excluding diaryl/α,β-unsaturated/α-hetero) is 3. The van der Waals surface area contributed by atoms with E-state index in [1.165, 1.54) is 18.2 Å². The molecule has 0 radical (unpaired) electrons. The Morgan fingerprint density at radius 2 is 1.45 bits per heavy atom. The van der Waals surface area contributed by atoms with E-state index in [-0.39, 0.29) is 16.8 Å². The van der Waals surface area contributed by atoms with Crippen molar-refractivity contribution < 1.29 is 23.7 Å². The largest absolute Gasteiger partial charge is 0.398 e. The van der Waals surface area contributed by atoms with Gasteiger partial charge < -0.3 is 10.3 Å². The molecule has 0 saturated heterocycles. The Bertz CT molecular complexity index is 1550. The minimum atomic E-state index is -3.85. The summed E-state index contributed by atoms with van der Waals surface area (Å²) in [7, 11) is -3.85. The molecule has 3 aromatic carbocycles. The lowest BCUT2D eigenvalue weighted by molar-refractivity contribution is -0.140. The number of carbonyl (C=O) groups excluding carboxylic acids is 4. The lowest BCUT2D eigenvalue weighted by Gasteiger charge is -2.34. The van der Waals surface area contributed by atoms with Gasteiger partial charge >= 0.3 is 0 Å². The molecule has 2 aliphatic rings. The van der Waals surface area contributed by atoms with Crippen molar-refractivity contribution in [3.63, 3.8) is 0 Å². The topological polar surface area (TPSA) is 111 Å². The van der Waals surface area contributed by atoms with E-state index in [1.807, 2.05) is 38.1 Å². The Morgan fingerprint density at radius 3 is 1.92 bits per heavy atom. The highest BCUT2D eigenvalue weighted by atomic mass is 31.2. The third-order valence-corrected chi connectivity index (χ3v) is 12.0. The summed E-state index contributed by atoms with van der Waals surface area (Å²) in [5.41, 5.74) is 5.18. The third kappa shape index (κ3) is 3.29. The van der Waals surface area contributed by atoms with E-state index in [9.17, 15) is 23.7 Å². The van der Waals surface area contributed by atoms with Crippen LogP contribution in [0.5, 0.6) is 0 Å². The van der Waals surface area contributed by atoms with E-state index in [0.29, 0.717) is 23.5 Å². The van der Waals surface area contributed by atoms with Crippen LogP contribution >= 0.6 is 7.14 Å². The van der Waals surface area contributed by atoms with Crippen LogP contribution in [0.25, 0.3) is 0 Å². The van der Waals surface area contributed by atoms with Crippen LogP contribution < -0.4 is 16.3 Å². The summed E-state index contributed by atoms with van der Waals surface area (Å²) >= 11 is 0. The predicted molar refractivity (Wildman–Crippen MR) is 148 cm³/mol. The van der Waals surface area contributed by atoms with Gasteiger partial charge in [-0.05, 0) is 55.4 Å². The number of ketones is 3. The number of nitrogens with two attached hydrogens (primary N) is 1. The predicted octanol–water partition coefficient (Wildman–Crippen LogP) is 4.80. The highest BCUT2D eigenvalue weighted by molar-refractivity contribution is 7.93. The molecule has 0 aromatic heterocycles. The monoisotopic (exact) mass is 527 g/mol. The molecule has 38 heavy (non-hydrogen) atoms. The first kappa shape index (κ1) is 26.0. The normalized spacial score (nSPS) is 22.1. The molecule has 2 fully saturated rings. The molecule has 194 valence electrons. The molecule has 2 bridgehead atoms. The van der Waals surface area contributed by atoms with Gasteiger partial charge in [0.1, 0.15) is 5.41 Å². The smallest absolute Gasteiger partial charge is 0.232 e. The van der Waals surface area contributed by atoms with E-state index < -0.39 is 46.8 Å². The second kappa shape index (κ2) is 8.71. The van der Waals surface area contributed by atoms with Crippen LogP contribution in [0.15, 0.2) is 66.7 Å². The number of nitrogen functional groups attached to an aromatic ring is 1. The fourth-order valence-corrected chi connectivity index (χ4v) is 9.56. The van der Waals surface area contributed by atoms with Gasteiger partial charge in [-0.2, -0.15) is 0 Å². The average Bonchev–Trinajstić information content (AvgIpc) is 3.24. The molecular weight excluding hydrogens is 497 g/mol. The molecule has 2 saturated carbocycles. The Morgan fingerprint density at radius 1 is 0.895 bits per heavy atom. The Hall–Kier alpha value is -3.63. The van der Waals surface area contributed by atoms with Crippen molar-refractivity contribution in [1.82, 2.24) is 0 Å². The average molecular weight is 528 g/mol. The van der Waals surface area contributed by atoms with Gasteiger partial charge in [0, 0.05) is 33.3 Å². The van der Waals surface area contributed by atoms with Crippen molar-refractivity contribution in [2.24, 2.45) is 16.7 Å². The molecule has 2 unspecified atom stereocenters. The van der Waals surface area contributed by atoms with Crippen LogP contribution in [0, 0.1) is 30.6 Å². The van der Waals surface area contributed by atoms with Crippen LogP contribution in [0.1, 0.15) is 58.5 Å². The standard InChI is InChI=1S/C31H30NO5P/c1-18-9-5-7-11-24(18)38(37,25-12-8-6-10-19(25)2)29(36)21-14-13-20(17-23(21)32)27(34)31-16-15-22(30(31,3)4)26(33)28(31)35/h5-14,17,22H,15-16,32H2,1-4H3. The van der Waals surface area contributed by atoms with Crippen LogP contribution in [0.3, 0.4) is 0 Å². The van der Waals surface area contributed by atoms with Gasteiger partial charge in [-0.1, -0.05) is 68.4 Å². The summed E-state index contributed by atoms with van der Waals surface area (Å²) in [6.07, 6.45) is 0.801. The van der Waals surface area contributed by atoms with E-state index >= 15 is 0 Å². The number of aryl methyl sites for hydroxylation is 2. The number of fused-ring (bicyclic) bond motifs is 2. The van der Waals surface area contributed by atoms with Crippen molar-refractivity contribution in [2.45, 2.75) is 40.5 Å². The molecule has 0 amide bonds. The molecule has 2 atom stereocenters. The zero-order valence-electron chi connectivity index (χ0n) is 21.9. The van der Waals surface area contributed by atoms with Crippen LogP contribution in [0.2, 0.25) is 0 Å². The minimum Gasteiger partial charge on any atom is -0.398 e. The van der Waals surface area contributed by atoms with E-state index in [1.54, 1.807) is 38.1 Å². The number of rotatable bonds is 6. The first-order valence-electron chi connectivity index (χ1n) is 12.7. The first-order chi connectivity index (χ1) is 17.9. The molecule has 2 N–H and O–H groups in total. The second-order valence-electron chi connectivity index (χ2n) is 11.0. The molecule has 6 nitrogen and oxygen atoms in total. The fraction of sp³-hybridized carbons (Fsp3) is 0.290. The number of hydrogen-bond donors (Lipinski definition) is 1. The summed E-state index contributed by atoms with van der Waals surface area (Å²) < 4.78 is 14.9. The zero-order valence-corrected chi connectivity index (χ0v) is 22.8. The van der Waals surface area contributed by atoms with Gasteiger partial charge in [0.05, 0.1) is 0 Å². The van der Waals surface area contributed by atoms with Gasteiger partial charge in [-0.3, -0.25) is 19.2 Å². The lowest BCUT2D eigenvalue weighted by atomic mass is 9.65.